The van der Waals surface area contributed by atoms with Gasteiger partial charge in [-0.05, 0) is 13.3 Å². The number of rotatable bonds is 5. The van der Waals surface area contributed by atoms with E-state index in [1.165, 1.54) is 11.3 Å². The van der Waals surface area contributed by atoms with Crippen molar-refractivity contribution in [3.8, 4) is 6.07 Å². The summed E-state index contributed by atoms with van der Waals surface area (Å²) in [7, 11) is 1.69. The summed E-state index contributed by atoms with van der Waals surface area (Å²) in [6.45, 7) is 4.37. The van der Waals surface area contributed by atoms with Crippen molar-refractivity contribution >= 4 is 28.0 Å². The van der Waals surface area contributed by atoms with Crippen molar-refractivity contribution in [2.75, 3.05) is 44.0 Å². The molecule has 1 aromatic rings. The first-order chi connectivity index (χ1) is 10.1. The van der Waals surface area contributed by atoms with E-state index in [1.54, 1.807) is 14.0 Å². The first kappa shape index (κ1) is 15.6. The van der Waals surface area contributed by atoms with Crippen molar-refractivity contribution in [1.82, 2.24) is 0 Å². The van der Waals surface area contributed by atoms with Gasteiger partial charge in [-0.3, -0.25) is 0 Å². The van der Waals surface area contributed by atoms with Crippen molar-refractivity contribution in [2.24, 2.45) is 5.92 Å². The number of nitrogen functional groups attached to an aromatic ring is 1. The molecule has 0 aliphatic carbocycles. The fraction of sp³-hybridized carbons (Fsp3) is 0.571. The molecular formula is C14H19N3O3S. The predicted molar refractivity (Wildman–Crippen MR) is 81.6 cm³/mol. The van der Waals surface area contributed by atoms with Gasteiger partial charge in [-0.1, -0.05) is 0 Å². The topological polar surface area (TPSA) is 88.6 Å². The monoisotopic (exact) mass is 309 g/mol. The number of nitriles is 1. The smallest absolute Gasteiger partial charge is 0.350 e. The summed E-state index contributed by atoms with van der Waals surface area (Å²) >= 11 is 1.24. The molecule has 1 unspecified atom stereocenters. The van der Waals surface area contributed by atoms with Crippen LogP contribution in [-0.2, 0) is 9.47 Å². The Bertz CT molecular complexity index is 565. The quantitative estimate of drug-likeness (QED) is 0.835. The van der Waals surface area contributed by atoms with Gasteiger partial charge in [0.2, 0.25) is 0 Å². The molecule has 1 fully saturated rings. The molecule has 0 spiro atoms. The van der Waals surface area contributed by atoms with Crippen LogP contribution in [0.1, 0.15) is 28.6 Å². The molecule has 1 aromatic heterocycles. The van der Waals surface area contributed by atoms with Gasteiger partial charge in [0.05, 0.1) is 18.9 Å². The third-order valence-electron chi connectivity index (χ3n) is 3.47. The minimum Gasteiger partial charge on any atom is -0.462 e. The molecule has 0 radical (unpaired) electrons. The van der Waals surface area contributed by atoms with Crippen molar-refractivity contribution < 1.29 is 14.3 Å². The average Bonchev–Trinajstić information content (AvgIpc) is 3.03. The number of carbonyl (C=O) groups is 1. The molecule has 0 bridgehead atoms. The van der Waals surface area contributed by atoms with Crippen LogP contribution in [0.3, 0.4) is 0 Å². The highest BCUT2D eigenvalue weighted by atomic mass is 32.1. The zero-order valence-corrected chi connectivity index (χ0v) is 13.0. The summed E-state index contributed by atoms with van der Waals surface area (Å²) in [4.78, 5) is 14.3. The van der Waals surface area contributed by atoms with E-state index in [9.17, 15) is 10.1 Å². The summed E-state index contributed by atoms with van der Waals surface area (Å²) in [6.07, 6.45) is 1.01. The fourth-order valence-corrected chi connectivity index (χ4v) is 3.60. The number of nitrogens with zero attached hydrogens (tertiary/aromatic N) is 2. The second-order valence-corrected chi connectivity index (χ2v) is 5.91. The van der Waals surface area contributed by atoms with Crippen LogP contribution in [-0.4, -0.2) is 39.4 Å². The lowest BCUT2D eigenvalue weighted by atomic mass is 10.1. The number of hydrogen-bond donors (Lipinski definition) is 1. The zero-order chi connectivity index (χ0) is 15.4. The Hall–Kier alpha value is -1.78. The van der Waals surface area contributed by atoms with E-state index in [-0.39, 0.29) is 12.3 Å². The summed E-state index contributed by atoms with van der Waals surface area (Å²) in [5, 5.41) is 10.1. The van der Waals surface area contributed by atoms with E-state index < -0.39 is 5.97 Å². The Morgan fingerprint density at radius 2 is 2.38 bits per heavy atom. The number of anilines is 2. The van der Waals surface area contributed by atoms with E-state index in [0.29, 0.717) is 23.0 Å². The Labute approximate surface area is 128 Å². The summed E-state index contributed by atoms with van der Waals surface area (Å²) in [5.41, 5.74) is 6.55. The van der Waals surface area contributed by atoms with E-state index >= 15 is 0 Å². The molecule has 114 valence electrons. The Balaban J connectivity index is 2.26. The van der Waals surface area contributed by atoms with Gasteiger partial charge in [0.15, 0.2) is 0 Å². The lowest BCUT2D eigenvalue weighted by Crippen LogP contribution is -2.20. The molecule has 7 heteroatoms. The summed E-state index contributed by atoms with van der Waals surface area (Å²) in [6, 6.07) is 2.11. The molecule has 0 amide bonds. The van der Waals surface area contributed by atoms with E-state index in [1.807, 2.05) is 0 Å². The molecule has 1 aliphatic heterocycles. The highest BCUT2D eigenvalue weighted by molar-refractivity contribution is 7.18. The van der Waals surface area contributed by atoms with Gasteiger partial charge in [0.25, 0.3) is 0 Å². The van der Waals surface area contributed by atoms with Gasteiger partial charge in [-0.2, -0.15) is 5.26 Å². The third-order valence-corrected chi connectivity index (χ3v) is 4.72. The van der Waals surface area contributed by atoms with E-state index in [0.717, 1.165) is 24.5 Å². The summed E-state index contributed by atoms with van der Waals surface area (Å²) < 4.78 is 10.2. The number of methoxy groups -OCH3 is 1. The molecule has 1 aliphatic rings. The number of carbonyl (C=O) groups excluding carboxylic acids is 1. The van der Waals surface area contributed by atoms with Crippen LogP contribution in [0.5, 0.6) is 0 Å². The minimum atomic E-state index is -0.463. The second kappa shape index (κ2) is 6.78. The standard InChI is InChI=1S/C14H19N3O3S/c1-3-20-14(18)12-11(16)10(6-15)13(21-12)17-5-4-9(7-17)8-19-2/h9H,3-5,7-8,16H2,1-2H3. The maximum absolute atomic E-state index is 11.9. The highest BCUT2D eigenvalue weighted by Gasteiger charge is 2.29. The molecule has 0 aromatic carbocycles. The molecule has 1 saturated heterocycles. The highest BCUT2D eigenvalue weighted by Crippen LogP contribution is 2.40. The van der Waals surface area contributed by atoms with Gasteiger partial charge in [-0.15, -0.1) is 11.3 Å². The Morgan fingerprint density at radius 1 is 1.62 bits per heavy atom. The van der Waals surface area contributed by atoms with Crippen LogP contribution in [0.2, 0.25) is 0 Å². The molecule has 2 heterocycles. The molecule has 2 rings (SSSR count). The SMILES string of the molecule is CCOC(=O)c1sc(N2CCC(COC)C2)c(C#N)c1N. The molecule has 6 nitrogen and oxygen atoms in total. The molecule has 21 heavy (non-hydrogen) atoms. The van der Waals surface area contributed by atoms with Crippen LogP contribution in [0.4, 0.5) is 10.7 Å². The van der Waals surface area contributed by atoms with Gasteiger partial charge in [0.1, 0.15) is 21.5 Å². The molecule has 0 saturated carbocycles. The van der Waals surface area contributed by atoms with Crippen LogP contribution in [0.25, 0.3) is 0 Å². The number of thiophene rings is 1. The largest absolute Gasteiger partial charge is 0.462 e. The fourth-order valence-electron chi connectivity index (χ4n) is 2.50. The lowest BCUT2D eigenvalue weighted by molar-refractivity contribution is 0.0533. The van der Waals surface area contributed by atoms with E-state index in [2.05, 4.69) is 11.0 Å². The number of ether oxygens (including phenoxy) is 2. The maximum atomic E-state index is 11.9. The van der Waals surface area contributed by atoms with Gasteiger partial charge in [-0.25, -0.2) is 4.79 Å². The van der Waals surface area contributed by atoms with E-state index in [4.69, 9.17) is 15.2 Å². The Morgan fingerprint density at radius 3 is 3.00 bits per heavy atom. The molecule has 1 atom stereocenters. The first-order valence-electron chi connectivity index (χ1n) is 6.85. The maximum Gasteiger partial charge on any atom is 0.350 e. The van der Waals surface area contributed by atoms with Crippen molar-refractivity contribution in [2.45, 2.75) is 13.3 Å². The van der Waals surface area contributed by atoms with Crippen LogP contribution < -0.4 is 10.6 Å². The molecular weight excluding hydrogens is 290 g/mol. The normalized spacial score (nSPS) is 17.8. The minimum absolute atomic E-state index is 0.228. The Kier molecular flexibility index (Phi) is 5.04. The van der Waals surface area contributed by atoms with Gasteiger partial charge in [0, 0.05) is 26.1 Å². The zero-order valence-electron chi connectivity index (χ0n) is 12.2. The average molecular weight is 309 g/mol. The number of esters is 1. The lowest BCUT2D eigenvalue weighted by Gasteiger charge is -2.16. The molecule has 2 N–H and O–H groups in total. The predicted octanol–water partition coefficient (Wildman–Crippen LogP) is 1.85. The first-order valence-corrected chi connectivity index (χ1v) is 7.67. The second-order valence-electron chi connectivity index (χ2n) is 4.91. The van der Waals surface area contributed by atoms with Crippen molar-refractivity contribution in [3.05, 3.63) is 10.4 Å². The van der Waals surface area contributed by atoms with Gasteiger partial charge < -0.3 is 20.1 Å². The third kappa shape index (κ3) is 3.12. The summed E-state index contributed by atoms with van der Waals surface area (Å²) in [5.74, 6) is -0.0219. The van der Waals surface area contributed by atoms with Crippen molar-refractivity contribution in [3.63, 3.8) is 0 Å². The van der Waals surface area contributed by atoms with Gasteiger partial charge >= 0.3 is 5.97 Å². The van der Waals surface area contributed by atoms with Crippen LogP contribution in [0, 0.1) is 17.2 Å². The van der Waals surface area contributed by atoms with Crippen LogP contribution >= 0.6 is 11.3 Å². The number of hydrogen-bond acceptors (Lipinski definition) is 7. The van der Waals surface area contributed by atoms with Crippen LogP contribution in [0.15, 0.2) is 0 Å². The number of nitrogens with two attached hydrogens (primary N) is 1. The van der Waals surface area contributed by atoms with Crippen molar-refractivity contribution in [1.29, 1.82) is 5.26 Å².